The van der Waals surface area contributed by atoms with E-state index in [1.165, 1.54) is 12.1 Å². The molecule has 1 amide bonds. The first-order valence-corrected chi connectivity index (χ1v) is 5.58. The summed E-state index contributed by atoms with van der Waals surface area (Å²) in [4.78, 5) is 11.6. The minimum Gasteiger partial charge on any atom is -0.374 e. The summed E-state index contributed by atoms with van der Waals surface area (Å²) in [7, 11) is 0. The highest BCUT2D eigenvalue weighted by Gasteiger charge is 2.07. The fraction of sp³-hybridized carbons (Fsp3) is 0.364. The number of hydrogen-bond acceptors (Lipinski definition) is 3. The second-order valence-corrected chi connectivity index (χ2v) is 3.87. The Morgan fingerprint density at radius 3 is 2.78 bits per heavy atom. The van der Waals surface area contributed by atoms with E-state index in [1.54, 1.807) is 0 Å². The Balaban J connectivity index is 2.34. The summed E-state index contributed by atoms with van der Waals surface area (Å²) >= 11 is 3.85. The third-order valence-electron chi connectivity index (χ3n) is 1.98. The van der Waals surface area contributed by atoms with Gasteiger partial charge in [-0.05, 0) is 18.2 Å². The zero-order valence-corrected chi connectivity index (χ0v) is 10.2. The Morgan fingerprint density at radius 2 is 2.17 bits per heavy atom. The molecule has 0 spiro atoms. The van der Waals surface area contributed by atoms with Crippen molar-refractivity contribution in [3.63, 3.8) is 0 Å². The number of thiol groups is 1. The first-order valence-electron chi connectivity index (χ1n) is 5.13. The van der Waals surface area contributed by atoms with Crippen LogP contribution in [0.25, 0.3) is 0 Å². The lowest BCUT2D eigenvalue weighted by Gasteiger charge is -2.06. The number of ether oxygens (including phenoxy) is 1. The molecule has 1 aromatic rings. The molecule has 0 saturated heterocycles. The highest BCUT2D eigenvalue weighted by Crippen LogP contribution is 2.13. The molecule has 1 rings (SSSR count). The number of alkyl halides is 2. The van der Waals surface area contributed by atoms with Crippen LogP contribution in [0.15, 0.2) is 23.1 Å². The molecule has 18 heavy (non-hydrogen) atoms. The van der Waals surface area contributed by atoms with Gasteiger partial charge in [-0.15, -0.1) is 12.6 Å². The molecule has 0 atom stereocenters. The molecule has 1 N–H and O–H groups in total. The van der Waals surface area contributed by atoms with E-state index in [9.17, 15) is 18.0 Å². The number of rotatable bonds is 6. The molecule has 1 aromatic carbocycles. The van der Waals surface area contributed by atoms with Gasteiger partial charge in [0, 0.05) is 17.0 Å². The lowest BCUT2D eigenvalue weighted by atomic mass is 10.2. The Bertz CT molecular complexity index is 415. The molecule has 0 radical (unpaired) electrons. The van der Waals surface area contributed by atoms with E-state index in [1.807, 2.05) is 0 Å². The van der Waals surface area contributed by atoms with E-state index < -0.39 is 24.8 Å². The van der Waals surface area contributed by atoms with Crippen molar-refractivity contribution in [2.24, 2.45) is 0 Å². The highest BCUT2D eigenvalue weighted by atomic mass is 32.1. The molecular formula is C11H12F3NO2S. The lowest BCUT2D eigenvalue weighted by Crippen LogP contribution is -2.27. The van der Waals surface area contributed by atoms with Crippen LogP contribution >= 0.6 is 12.6 Å². The fourth-order valence-corrected chi connectivity index (χ4v) is 1.38. The third-order valence-corrected chi connectivity index (χ3v) is 2.33. The van der Waals surface area contributed by atoms with Crippen molar-refractivity contribution in [3.8, 4) is 0 Å². The van der Waals surface area contributed by atoms with Crippen molar-refractivity contribution in [1.29, 1.82) is 0 Å². The predicted molar refractivity (Wildman–Crippen MR) is 62.8 cm³/mol. The Morgan fingerprint density at radius 1 is 1.44 bits per heavy atom. The van der Waals surface area contributed by atoms with E-state index in [4.69, 9.17) is 0 Å². The summed E-state index contributed by atoms with van der Waals surface area (Å²) in [6.07, 6.45) is -2.52. The van der Waals surface area contributed by atoms with Gasteiger partial charge in [-0.1, -0.05) is 0 Å². The van der Waals surface area contributed by atoms with Crippen molar-refractivity contribution >= 4 is 18.5 Å². The summed E-state index contributed by atoms with van der Waals surface area (Å²) in [6, 6.07) is 3.72. The number of amides is 1. The van der Waals surface area contributed by atoms with Gasteiger partial charge < -0.3 is 10.1 Å². The third kappa shape index (κ3) is 4.97. The number of nitrogens with one attached hydrogen (secondary N) is 1. The average molecular weight is 279 g/mol. The zero-order chi connectivity index (χ0) is 13.5. The molecule has 7 heteroatoms. The lowest BCUT2D eigenvalue weighted by molar-refractivity contribution is 0.0188. The van der Waals surface area contributed by atoms with Gasteiger partial charge in [-0.2, -0.15) is 0 Å². The largest absolute Gasteiger partial charge is 0.374 e. The van der Waals surface area contributed by atoms with E-state index in [2.05, 4.69) is 22.7 Å². The van der Waals surface area contributed by atoms with E-state index in [0.29, 0.717) is 0 Å². The molecule has 0 heterocycles. The Hall–Kier alpha value is -1.21. The van der Waals surface area contributed by atoms with Crippen molar-refractivity contribution in [2.45, 2.75) is 11.3 Å². The van der Waals surface area contributed by atoms with Crippen LogP contribution in [-0.2, 0) is 4.74 Å². The zero-order valence-electron chi connectivity index (χ0n) is 9.33. The molecule has 0 aromatic heterocycles. The van der Waals surface area contributed by atoms with Crippen molar-refractivity contribution in [1.82, 2.24) is 5.32 Å². The topological polar surface area (TPSA) is 38.3 Å². The highest BCUT2D eigenvalue weighted by molar-refractivity contribution is 7.80. The number of carbonyl (C=O) groups is 1. The first kappa shape index (κ1) is 14.8. The van der Waals surface area contributed by atoms with Crippen LogP contribution in [0.5, 0.6) is 0 Å². The minimum atomic E-state index is -2.52. The predicted octanol–water partition coefficient (Wildman–Crippen LogP) is 2.13. The van der Waals surface area contributed by atoms with Gasteiger partial charge in [0.25, 0.3) is 12.3 Å². The van der Waals surface area contributed by atoms with Gasteiger partial charge in [0.2, 0.25) is 0 Å². The molecule has 3 nitrogen and oxygen atoms in total. The summed E-state index contributed by atoms with van der Waals surface area (Å²) in [5.41, 5.74) is 0.246. The van der Waals surface area contributed by atoms with Gasteiger partial charge in [0.05, 0.1) is 6.61 Å². The monoisotopic (exact) mass is 279 g/mol. The van der Waals surface area contributed by atoms with Crippen molar-refractivity contribution < 1.29 is 22.7 Å². The van der Waals surface area contributed by atoms with Gasteiger partial charge in [0.1, 0.15) is 12.4 Å². The summed E-state index contributed by atoms with van der Waals surface area (Å²) in [5, 5.41) is 2.45. The normalized spacial score (nSPS) is 10.7. The SMILES string of the molecule is O=C(NCCOCC(F)F)c1ccc(F)c(S)c1. The molecule has 0 aliphatic carbocycles. The van der Waals surface area contributed by atoms with Gasteiger partial charge >= 0.3 is 0 Å². The van der Waals surface area contributed by atoms with Gasteiger partial charge in [0.15, 0.2) is 0 Å². The molecule has 0 unspecified atom stereocenters. The van der Waals surface area contributed by atoms with Crippen molar-refractivity contribution in [2.75, 3.05) is 19.8 Å². The molecule has 100 valence electrons. The summed E-state index contributed by atoms with van der Waals surface area (Å²) in [6.45, 7) is -0.566. The second kappa shape index (κ2) is 7.27. The van der Waals surface area contributed by atoms with Crippen LogP contribution in [-0.4, -0.2) is 32.1 Å². The smallest absolute Gasteiger partial charge is 0.261 e. The molecule has 0 bridgehead atoms. The van der Waals surface area contributed by atoms with Gasteiger partial charge in [-0.3, -0.25) is 4.79 Å². The molecule has 0 aliphatic rings. The fourth-order valence-electron chi connectivity index (χ4n) is 1.17. The van der Waals surface area contributed by atoms with Crippen LogP contribution in [0, 0.1) is 5.82 Å². The second-order valence-electron chi connectivity index (χ2n) is 3.39. The number of hydrogen-bond donors (Lipinski definition) is 2. The van der Waals surface area contributed by atoms with E-state index >= 15 is 0 Å². The molecule has 0 saturated carbocycles. The Labute approximate surface area is 108 Å². The van der Waals surface area contributed by atoms with Crippen LogP contribution < -0.4 is 5.32 Å². The molecule has 0 fully saturated rings. The maximum absolute atomic E-state index is 12.9. The standard InChI is InChI=1S/C11H12F3NO2S/c12-8-2-1-7(5-9(8)18)11(16)15-3-4-17-6-10(13)14/h1-2,5,10,18H,3-4,6H2,(H,15,16). The van der Waals surface area contributed by atoms with Crippen LogP contribution in [0.2, 0.25) is 0 Å². The average Bonchev–Trinajstić information content (AvgIpc) is 2.31. The number of carbonyl (C=O) groups excluding carboxylic acids is 1. The van der Waals surface area contributed by atoms with Crippen LogP contribution in [0.4, 0.5) is 13.2 Å². The van der Waals surface area contributed by atoms with Crippen molar-refractivity contribution in [3.05, 3.63) is 29.6 Å². The molecule has 0 aliphatic heterocycles. The summed E-state index contributed by atoms with van der Waals surface area (Å²) < 4.78 is 40.9. The van der Waals surface area contributed by atoms with E-state index in [0.717, 1.165) is 6.07 Å². The maximum Gasteiger partial charge on any atom is 0.261 e. The minimum absolute atomic E-state index is 0.00892. The maximum atomic E-state index is 12.9. The number of halogens is 3. The first-order chi connectivity index (χ1) is 8.50. The quantitative estimate of drug-likeness (QED) is 0.618. The van der Waals surface area contributed by atoms with Gasteiger partial charge in [-0.25, -0.2) is 13.2 Å². The molecular weight excluding hydrogens is 267 g/mol. The summed E-state index contributed by atoms with van der Waals surface area (Å²) in [5.74, 6) is -0.957. The van der Waals surface area contributed by atoms with E-state index in [-0.39, 0.29) is 23.6 Å². The van der Waals surface area contributed by atoms with Crippen LogP contribution in [0.3, 0.4) is 0 Å². The Kier molecular flexibility index (Phi) is 6.00. The van der Waals surface area contributed by atoms with Crippen LogP contribution in [0.1, 0.15) is 10.4 Å². The number of benzene rings is 1.